The molecule has 0 heterocycles. The van der Waals surface area contributed by atoms with Crippen LogP contribution in [0.1, 0.15) is 79.1 Å². The first kappa shape index (κ1) is 13.0. The summed E-state index contributed by atoms with van der Waals surface area (Å²) < 4.78 is 0. The monoisotopic (exact) mass is 248 g/mol. The van der Waals surface area contributed by atoms with Gasteiger partial charge in [0.2, 0.25) is 0 Å². The quantitative estimate of drug-likeness (QED) is 0.604. The van der Waals surface area contributed by atoms with Crippen LogP contribution in [0.2, 0.25) is 0 Å². The summed E-state index contributed by atoms with van der Waals surface area (Å²) in [5, 5.41) is 0. The van der Waals surface area contributed by atoms with Crippen LogP contribution in [0.15, 0.2) is 0 Å². The normalized spacial score (nSPS) is 44.3. The molecule has 0 unspecified atom stereocenters. The van der Waals surface area contributed by atoms with E-state index in [0.717, 1.165) is 29.1 Å². The molecular formula is C18H32. The molecule has 104 valence electrons. The molecule has 0 nitrogen and oxygen atoms in total. The van der Waals surface area contributed by atoms with Gasteiger partial charge in [-0.3, -0.25) is 0 Å². The van der Waals surface area contributed by atoms with Gasteiger partial charge < -0.3 is 0 Å². The highest BCUT2D eigenvalue weighted by molar-refractivity contribution is 5.01. The Kier molecular flexibility index (Phi) is 3.07. The van der Waals surface area contributed by atoms with E-state index < -0.39 is 0 Å². The van der Waals surface area contributed by atoms with Crippen LogP contribution >= 0.6 is 0 Å². The predicted octanol–water partition coefficient (Wildman–Crippen LogP) is 5.67. The molecule has 0 spiro atoms. The lowest BCUT2D eigenvalue weighted by Gasteiger charge is -2.57. The molecule has 4 aliphatic carbocycles. The largest absolute Gasteiger partial charge is 0.0620 e. The van der Waals surface area contributed by atoms with Gasteiger partial charge in [0.25, 0.3) is 0 Å². The standard InChI is InChI=1S/C18H32/c1-13(17(2,3)4)5-6-18-10-14-7-15(11-18)9-16(8-14)12-18/h13-16H,5-12H2,1-4H3/t13-,14?,15?,16?,18?/m1/s1. The van der Waals surface area contributed by atoms with Gasteiger partial charge in [-0.2, -0.15) is 0 Å². The van der Waals surface area contributed by atoms with Crippen LogP contribution in [0.25, 0.3) is 0 Å². The average Bonchev–Trinajstić information content (AvgIpc) is 2.22. The van der Waals surface area contributed by atoms with E-state index >= 15 is 0 Å². The Bertz CT molecular complexity index is 271. The van der Waals surface area contributed by atoms with Crippen LogP contribution < -0.4 is 0 Å². The molecule has 4 rings (SSSR count). The molecule has 0 aromatic carbocycles. The average molecular weight is 248 g/mol. The van der Waals surface area contributed by atoms with Gasteiger partial charge in [-0.1, -0.05) is 27.7 Å². The first-order valence-electron chi connectivity index (χ1n) is 8.36. The predicted molar refractivity (Wildman–Crippen MR) is 78.5 cm³/mol. The molecular weight excluding hydrogens is 216 g/mol. The highest BCUT2D eigenvalue weighted by Crippen LogP contribution is 2.62. The van der Waals surface area contributed by atoms with Crippen molar-refractivity contribution >= 4 is 0 Å². The fourth-order valence-electron chi connectivity index (χ4n) is 5.55. The van der Waals surface area contributed by atoms with Gasteiger partial charge in [0.15, 0.2) is 0 Å². The Labute approximate surface area is 114 Å². The zero-order valence-corrected chi connectivity index (χ0v) is 13.0. The van der Waals surface area contributed by atoms with E-state index in [2.05, 4.69) is 27.7 Å². The van der Waals surface area contributed by atoms with E-state index in [0.29, 0.717) is 5.41 Å². The number of rotatable bonds is 3. The van der Waals surface area contributed by atoms with Crippen LogP contribution in [0.4, 0.5) is 0 Å². The molecule has 1 atom stereocenters. The van der Waals surface area contributed by atoms with Crippen molar-refractivity contribution in [2.24, 2.45) is 34.5 Å². The van der Waals surface area contributed by atoms with Crippen LogP contribution in [-0.4, -0.2) is 0 Å². The molecule has 0 heteroatoms. The zero-order chi connectivity index (χ0) is 13.0. The van der Waals surface area contributed by atoms with Crippen molar-refractivity contribution in [2.45, 2.75) is 79.1 Å². The van der Waals surface area contributed by atoms with Crippen molar-refractivity contribution in [1.29, 1.82) is 0 Å². The SMILES string of the molecule is C[C@H](CCC12CC3CC(CC(C3)C1)C2)C(C)(C)C. The van der Waals surface area contributed by atoms with Crippen LogP contribution in [0.5, 0.6) is 0 Å². The third kappa shape index (κ3) is 2.37. The molecule has 0 amide bonds. The first-order chi connectivity index (χ1) is 8.36. The molecule has 0 radical (unpaired) electrons. The van der Waals surface area contributed by atoms with Crippen molar-refractivity contribution in [1.82, 2.24) is 0 Å². The summed E-state index contributed by atoms with van der Waals surface area (Å²) in [6.07, 6.45) is 12.6. The van der Waals surface area contributed by atoms with Crippen molar-refractivity contribution in [2.75, 3.05) is 0 Å². The number of hydrogen-bond acceptors (Lipinski definition) is 0. The fourth-order valence-corrected chi connectivity index (χ4v) is 5.55. The maximum absolute atomic E-state index is 2.47. The molecule has 4 fully saturated rings. The smallest absolute Gasteiger partial charge is 0.0289 e. The van der Waals surface area contributed by atoms with E-state index in [1.807, 2.05) is 0 Å². The van der Waals surface area contributed by atoms with Gasteiger partial charge in [-0.25, -0.2) is 0 Å². The lowest BCUT2D eigenvalue weighted by atomic mass is 9.48. The minimum atomic E-state index is 0.502. The maximum Gasteiger partial charge on any atom is -0.0289 e. The van der Waals surface area contributed by atoms with E-state index in [1.54, 1.807) is 38.5 Å². The summed E-state index contributed by atoms with van der Waals surface area (Å²) in [5.74, 6) is 4.26. The lowest BCUT2D eigenvalue weighted by Crippen LogP contribution is -2.46. The lowest BCUT2D eigenvalue weighted by molar-refractivity contribution is -0.0615. The topological polar surface area (TPSA) is 0 Å². The highest BCUT2D eigenvalue weighted by atomic mass is 14.6. The molecule has 4 bridgehead atoms. The summed E-state index contributed by atoms with van der Waals surface area (Å²) in [5.41, 5.74) is 1.30. The van der Waals surface area contributed by atoms with Crippen molar-refractivity contribution in [3.05, 3.63) is 0 Å². The minimum Gasteiger partial charge on any atom is -0.0620 e. The van der Waals surface area contributed by atoms with E-state index in [1.165, 1.54) is 12.8 Å². The summed E-state index contributed by atoms with van der Waals surface area (Å²) in [4.78, 5) is 0. The second-order valence-electron chi connectivity index (χ2n) is 9.22. The molecule has 0 saturated heterocycles. The highest BCUT2D eigenvalue weighted by Gasteiger charge is 2.50. The van der Waals surface area contributed by atoms with E-state index in [9.17, 15) is 0 Å². The Balaban J connectivity index is 1.62. The zero-order valence-electron chi connectivity index (χ0n) is 13.0. The Hall–Kier alpha value is 0. The first-order valence-corrected chi connectivity index (χ1v) is 8.36. The summed E-state index contributed by atoms with van der Waals surface area (Å²) >= 11 is 0. The third-order valence-electron chi connectivity index (χ3n) is 6.75. The molecule has 0 aromatic heterocycles. The van der Waals surface area contributed by atoms with Gasteiger partial charge in [0.05, 0.1) is 0 Å². The Morgan fingerprint density at radius 1 is 0.944 bits per heavy atom. The summed E-state index contributed by atoms with van der Waals surface area (Å²) in [6, 6.07) is 0. The van der Waals surface area contributed by atoms with Crippen molar-refractivity contribution in [3.63, 3.8) is 0 Å². The van der Waals surface area contributed by atoms with Crippen molar-refractivity contribution < 1.29 is 0 Å². The summed E-state index contributed by atoms with van der Waals surface area (Å²) in [6.45, 7) is 9.71. The van der Waals surface area contributed by atoms with Gasteiger partial charge in [-0.05, 0) is 85.9 Å². The second kappa shape index (κ2) is 4.25. The minimum absolute atomic E-state index is 0.502. The maximum atomic E-state index is 2.47. The third-order valence-corrected chi connectivity index (χ3v) is 6.75. The van der Waals surface area contributed by atoms with Crippen LogP contribution in [0.3, 0.4) is 0 Å². The van der Waals surface area contributed by atoms with E-state index in [-0.39, 0.29) is 0 Å². The molecule has 0 N–H and O–H groups in total. The molecule has 0 aromatic rings. The Morgan fingerprint density at radius 3 is 1.78 bits per heavy atom. The molecule has 4 aliphatic rings. The second-order valence-corrected chi connectivity index (χ2v) is 9.22. The van der Waals surface area contributed by atoms with E-state index in [4.69, 9.17) is 0 Å². The molecule has 18 heavy (non-hydrogen) atoms. The summed E-state index contributed by atoms with van der Waals surface area (Å²) in [7, 11) is 0. The van der Waals surface area contributed by atoms with Gasteiger partial charge in [0.1, 0.15) is 0 Å². The van der Waals surface area contributed by atoms with Crippen LogP contribution in [0, 0.1) is 34.5 Å². The van der Waals surface area contributed by atoms with Gasteiger partial charge in [-0.15, -0.1) is 0 Å². The Morgan fingerprint density at radius 2 is 1.39 bits per heavy atom. The van der Waals surface area contributed by atoms with Crippen molar-refractivity contribution in [3.8, 4) is 0 Å². The number of hydrogen-bond donors (Lipinski definition) is 0. The van der Waals surface area contributed by atoms with Gasteiger partial charge >= 0.3 is 0 Å². The molecule has 4 saturated carbocycles. The molecule has 0 aliphatic heterocycles. The van der Waals surface area contributed by atoms with Crippen LogP contribution in [-0.2, 0) is 0 Å². The fraction of sp³-hybridized carbons (Fsp3) is 1.00. The van der Waals surface area contributed by atoms with Gasteiger partial charge in [0, 0.05) is 0 Å².